The second-order valence-corrected chi connectivity index (χ2v) is 5.51. The van der Waals surface area contributed by atoms with Gasteiger partial charge in [0, 0.05) is 43.8 Å². The Hall–Kier alpha value is -0.610. The maximum absolute atomic E-state index is 6.21. The monoisotopic (exact) mass is 267 g/mol. The van der Waals surface area contributed by atoms with Gasteiger partial charge in [0.15, 0.2) is 0 Å². The molecule has 1 unspecified atom stereocenters. The average molecular weight is 268 g/mol. The predicted octanol–water partition coefficient (Wildman–Crippen LogP) is 1.90. The van der Waals surface area contributed by atoms with Crippen LogP contribution in [0.4, 0.5) is 0 Å². The molecule has 100 valence electrons. The van der Waals surface area contributed by atoms with Crippen molar-refractivity contribution in [2.24, 2.45) is 5.73 Å². The van der Waals surface area contributed by atoms with Crippen LogP contribution in [-0.2, 0) is 0 Å². The Morgan fingerprint density at radius 2 is 1.94 bits per heavy atom. The number of hydrogen-bond donors (Lipinski definition) is 1. The molecule has 2 rings (SSSR count). The summed E-state index contributed by atoms with van der Waals surface area (Å²) >= 11 is 6.21. The van der Waals surface area contributed by atoms with Crippen molar-refractivity contribution in [3.63, 3.8) is 0 Å². The summed E-state index contributed by atoms with van der Waals surface area (Å²) in [5.74, 6) is 0. The van der Waals surface area contributed by atoms with Crippen molar-refractivity contribution in [1.82, 2.24) is 9.80 Å². The van der Waals surface area contributed by atoms with Crippen molar-refractivity contribution in [2.75, 3.05) is 39.8 Å². The van der Waals surface area contributed by atoms with Crippen LogP contribution in [0.1, 0.15) is 17.2 Å². The van der Waals surface area contributed by atoms with E-state index in [1.54, 1.807) is 0 Å². The van der Waals surface area contributed by atoms with Gasteiger partial charge in [-0.25, -0.2) is 0 Å². The SMILES string of the molecule is Cc1ccc(C(CN)N2CCN(C)CC2)cc1Cl. The average Bonchev–Trinajstić information content (AvgIpc) is 2.37. The van der Waals surface area contributed by atoms with E-state index in [0.717, 1.165) is 36.8 Å². The fourth-order valence-electron chi connectivity index (χ4n) is 2.45. The van der Waals surface area contributed by atoms with Gasteiger partial charge >= 0.3 is 0 Å². The Morgan fingerprint density at radius 1 is 1.28 bits per heavy atom. The molecule has 0 radical (unpaired) electrons. The van der Waals surface area contributed by atoms with Crippen molar-refractivity contribution >= 4 is 11.6 Å². The molecule has 0 aliphatic carbocycles. The third kappa shape index (κ3) is 3.04. The summed E-state index contributed by atoms with van der Waals surface area (Å²) in [4.78, 5) is 4.81. The largest absolute Gasteiger partial charge is 0.329 e. The van der Waals surface area contributed by atoms with Crippen molar-refractivity contribution in [1.29, 1.82) is 0 Å². The van der Waals surface area contributed by atoms with E-state index < -0.39 is 0 Å². The summed E-state index contributed by atoms with van der Waals surface area (Å²) in [5, 5.41) is 0.833. The van der Waals surface area contributed by atoms with Crippen LogP contribution < -0.4 is 5.73 Å². The van der Waals surface area contributed by atoms with Crippen molar-refractivity contribution in [3.05, 3.63) is 34.3 Å². The van der Waals surface area contributed by atoms with Crippen LogP contribution in [-0.4, -0.2) is 49.6 Å². The minimum absolute atomic E-state index is 0.289. The topological polar surface area (TPSA) is 32.5 Å². The number of nitrogens with two attached hydrogens (primary N) is 1. The molecule has 0 spiro atoms. The minimum Gasteiger partial charge on any atom is -0.329 e. The van der Waals surface area contributed by atoms with Crippen molar-refractivity contribution in [3.8, 4) is 0 Å². The fourth-order valence-corrected chi connectivity index (χ4v) is 2.63. The highest BCUT2D eigenvalue weighted by Crippen LogP contribution is 2.25. The van der Waals surface area contributed by atoms with E-state index in [2.05, 4.69) is 35.0 Å². The van der Waals surface area contributed by atoms with Crippen LogP contribution in [0.15, 0.2) is 18.2 Å². The molecule has 0 aromatic heterocycles. The summed E-state index contributed by atoms with van der Waals surface area (Å²) in [6.07, 6.45) is 0. The highest BCUT2D eigenvalue weighted by Gasteiger charge is 2.22. The molecule has 3 nitrogen and oxygen atoms in total. The van der Waals surface area contributed by atoms with Gasteiger partial charge in [-0.15, -0.1) is 0 Å². The molecule has 1 heterocycles. The standard InChI is InChI=1S/C14H22ClN3/c1-11-3-4-12(9-13(11)15)14(10-16)18-7-5-17(2)6-8-18/h3-4,9,14H,5-8,10,16H2,1-2H3. The lowest BCUT2D eigenvalue weighted by atomic mass is 10.0. The van der Waals surface area contributed by atoms with Crippen LogP contribution in [0.5, 0.6) is 0 Å². The Labute approximate surface area is 115 Å². The van der Waals surface area contributed by atoms with Gasteiger partial charge in [0.05, 0.1) is 0 Å². The van der Waals surface area contributed by atoms with Crippen LogP contribution in [0.25, 0.3) is 0 Å². The Morgan fingerprint density at radius 3 is 2.50 bits per heavy atom. The Bertz CT molecular complexity index is 400. The lowest BCUT2D eigenvalue weighted by Gasteiger charge is -2.37. The van der Waals surface area contributed by atoms with Gasteiger partial charge in [-0.05, 0) is 31.2 Å². The van der Waals surface area contributed by atoms with Crippen LogP contribution in [0, 0.1) is 6.92 Å². The van der Waals surface area contributed by atoms with Crippen LogP contribution in [0.3, 0.4) is 0 Å². The molecule has 1 fully saturated rings. The normalized spacial score (nSPS) is 20.0. The first-order chi connectivity index (χ1) is 8.61. The molecule has 1 aliphatic rings. The third-order valence-electron chi connectivity index (χ3n) is 3.78. The number of benzene rings is 1. The molecule has 0 amide bonds. The van der Waals surface area contributed by atoms with E-state index in [1.165, 1.54) is 5.56 Å². The minimum atomic E-state index is 0.289. The van der Waals surface area contributed by atoms with E-state index in [0.29, 0.717) is 6.54 Å². The zero-order valence-corrected chi connectivity index (χ0v) is 12.0. The lowest BCUT2D eigenvalue weighted by Crippen LogP contribution is -2.47. The smallest absolute Gasteiger partial charge is 0.0472 e. The zero-order chi connectivity index (χ0) is 13.1. The molecule has 1 saturated heterocycles. The van der Waals surface area contributed by atoms with E-state index in [1.807, 2.05) is 6.92 Å². The van der Waals surface area contributed by atoms with Gasteiger partial charge in [-0.2, -0.15) is 0 Å². The highest BCUT2D eigenvalue weighted by molar-refractivity contribution is 6.31. The molecule has 1 atom stereocenters. The molecule has 18 heavy (non-hydrogen) atoms. The zero-order valence-electron chi connectivity index (χ0n) is 11.2. The first-order valence-corrected chi connectivity index (χ1v) is 6.88. The molecule has 0 bridgehead atoms. The van der Waals surface area contributed by atoms with Crippen molar-refractivity contribution in [2.45, 2.75) is 13.0 Å². The van der Waals surface area contributed by atoms with Crippen LogP contribution >= 0.6 is 11.6 Å². The Kier molecular flexibility index (Phi) is 4.62. The fraction of sp³-hybridized carbons (Fsp3) is 0.571. The first kappa shape index (κ1) is 13.8. The van der Waals surface area contributed by atoms with E-state index in [4.69, 9.17) is 17.3 Å². The molecule has 2 N–H and O–H groups in total. The van der Waals surface area contributed by atoms with Gasteiger partial charge in [-0.3, -0.25) is 4.90 Å². The number of rotatable bonds is 3. The number of likely N-dealkylation sites (N-methyl/N-ethyl adjacent to an activating group) is 1. The second-order valence-electron chi connectivity index (χ2n) is 5.10. The quantitative estimate of drug-likeness (QED) is 0.908. The van der Waals surface area contributed by atoms with E-state index >= 15 is 0 Å². The molecular formula is C14H22ClN3. The first-order valence-electron chi connectivity index (χ1n) is 6.50. The van der Waals surface area contributed by atoms with Gasteiger partial charge in [-0.1, -0.05) is 23.7 Å². The summed E-state index contributed by atoms with van der Waals surface area (Å²) in [5.41, 5.74) is 8.31. The summed E-state index contributed by atoms with van der Waals surface area (Å²) in [6, 6.07) is 6.58. The van der Waals surface area contributed by atoms with Gasteiger partial charge in [0.1, 0.15) is 0 Å². The molecule has 1 aliphatic heterocycles. The third-order valence-corrected chi connectivity index (χ3v) is 4.19. The summed E-state index contributed by atoms with van der Waals surface area (Å²) in [6.45, 7) is 7.03. The maximum Gasteiger partial charge on any atom is 0.0472 e. The van der Waals surface area contributed by atoms with E-state index in [-0.39, 0.29) is 6.04 Å². The number of hydrogen-bond acceptors (Lipinski definition) is 3. The summed E-state index contributed by atoms with van der Waals surface area (Å²) in [7, 11) is 2.16. The van der Waals surface area contributed by atoms with Gasteiger partial charge < -0.3 is 10.6 Å². The molecular weight excluding hydrogens is 246 g/mol. The van der Waals surface area contributed by atoms with Gasteiger partial charge in [0.25, 0.3) is 0 Å². The van der Waals surface area contributed by atoms with Crippen molar-refractivity contribution < 1.29 is 0 Å². The number of piperazine rings is 1. The molecule has 4 heteroatoms. The van der Waals surface area contributed by atoms with Gasteiger partial charge in [0.2, 0.25) is 0 Å². The summed E-state index contributed by atoms with van der Waals surface area (Å²) < 4.78 is 0. The van der Waals surface area contributed by atoms with E-state index in [9.17, 15) is 0 Å². The number of halogens is 1. The van der Waals surface area contributed by atoms with Crippen LogP contribution in [0.2, 0.25) is 5.02 Å². The predicted molar refractivity (Wildman–Crippen MR) is 77.1 cm³/mol. The lowest BCUT2D eigenvalue weighted by molar-refractivity contribution is 0.114. The molecule has 0 saturated carbocycles. The number of aryl methyl sites for hydroxylation is 1. The highest BCUT2D eigenvalue weighted by atomic mass is 35.5. The maximum atomic E-state index is 6.21. The number of nitrogens with zero attached hydrogens (tertiary/aromatic N) is 2. The molecule has 1 aromatic carbocycles. The second kappa shape index (κ2) is 6.02. The Balaban J connectivity index is 2.14. The molecule has 1 aromatic rings.